The SMILES string of the molecule is C=CC(=O)N[C@@H]1CCCN(c2ncnc3[nH]cnc23)C1.O=C(O)c1ccccc1O. The van der Waals surface area contributed by atoms with E-state index >= 15 is 0 Å². The van der Waals surface area contributed by atoms with Gasteiger partial charge in [0.05, 0.1) is 6.33 Å². The van der Waals surface area contributed by atoms with Gasteiger partial charge in [0.15, 0.2) is 11.5 Å². The van der Waals surface area contributed by atoms with Crippen LogP contribution in [0.5, 0.6) is 5.75 Å². The predicted octanol–water partition coefficient (Wildman–Crippen LogP) is 1.71. The van der Waals surface area contributed by atoms with E-state index in [1.807, 2.05) is 0 Å². The van der Waals surface area contributed by atoms with E-state index in [1.165, 1.54) is 24.5 Å². The van der Waals surface area contributed by atoms with Gasteiger partial charge in [0, 0.05) is 19.1 Å². The van der Waals surface area contributed by atoms with E-state index in [2.05, 4.69) is 36.7 Å². The molecule has 30 heavy (non-hydrogen) atoms. The summed E-state index contributed by atoms with van der Waals surface area (Å²) in [7, 11) is 0. The average Bonchev–Trinajstić information content (AvgIpc) is 3.23. The Balaban J connectivity index is 0.000000216. The number of hydrogen-bond donors (Lipinski definition) is 4. The molecule has 0 saturated carbocycles. The second-order valence-electron chi connectivity index (χ2n) is 6.62. The van der Waals surface area contributed by atoms with Crippen molar-refractivity contribution in [2.75, 3.05) is 18.0 Å². The smallest absolute Gasteiger partial charge is 0.339 e. The molecule has 1 saturated heterocycles. The maximum Gasteiger partial charge on any atom is 0.339 e. The Labute approximate surface area is 172 Å². The van der Waals surface area contributed by atoms with Gasteiger partial charge in [-0.25, -0.2) is 19.7 Å². The van der Waals surface area contributed by atoms with E-state index in [4.69, 9.17) is 10.2 Å². The lowest BCUT2D eigenvalue weighted by Gasteiger charge is -2.33. The molecular weight excluding hydrogens is 388 g/mol. The van der Waals surface area contributed by atoms with E-state index in [-0.39, 0.29) is 23.3 Å². The van der Waals surface area contributed by atoms with Crippen LogP contribution in [-0.4, -0.2) is 61.2 Å². The highest BCUT2D eigenvalue weighted by Gasteiger charge is 2.23. The minimum atomic E-state index is -1.11. The first-order valence-electron chi connectivity index (χ1n) is 9.33. The van der Waals surface area contributed by atoms with Crippen LogP contribution in [-0.2, 0) is 4.79 Å². The van der Waals surface area contributed by atoms with Gasteiger partial charge in [0.25, 0.3) is 0 Å². The molecule has 1 aliphatic rings. The number of benzene rings is 1. The van der Waals surface area contributed by atoms with Crippen molar-refractivity contribution >= 4 is 28.9 Å². The summed E-state index contributed by atoms with van der Waals surface area (Å²) in [5.74, 6) is -0.633. The maximum atomic E-state index is 11.4. The number of H-pyrrole nitrogens is 1. The number of imidazole rings is 1. The Morgan fingerprint density at radius 1 is 1.27 bits per heavy atom. The summed E-state index contributed by atoms with van der Waals surface area (Å²) in [5, 5.41) is 20.2. The molecule has 3 aromatic rings. The van der Waals surface area contributed by atoms with Crippen molar-refractivity contribution in [1.29, 1.82) is 0 Å². The molecule has 1 atom stereocenters. The first-order chi connectivity index (χ1) is 14.5. The van der Waals surface area contributed by atoms with Gasteiger partial charge in [-0.15, -0.1) is 0 Å². The zero-order valence-electron chi connectivity index (χ0n) is 16.2. The molecule has 2 aromatic heterocycles. The Hall–Kier alpha value is -3.95. The lowest BCUT2D eigenvalue weighted by molar-refractivity contribution is -0.117. The molecule has 0 aliphatic carbocycles. The molecule has 0 radical (unpaired) electrons. The molecule has 1 fully saturated rings. The molecule has 0 unspecified atom stereocenters. The number of amides is 1. The molecule has 0 bridgehead atoms. The van der Waals surface area contributed by atoms with Gasteiger partial charge in [-0.05, 0) is 31.1 Å². The Kier molecular flexibility index (Phi) is 6.58. The molecule has 10 heteroatoms. The van der Waals surface area contributed by atoms with Crippen LogP contribution in [0.1, 0.15) is 23.2 Å². The summed E-state index contributed by atoms with van der Waals surface area (Å²) in [5.41, 5.74) is 1.43. The molecule has 4 N–H and O–H groups in total. The monoisotopic (exact) mass is 410 g/mol. The number of hydrogen-bond acceptors (Lipinski definition) is 7. The molecule has 1 aliphatic heterocycles. The van der Waals surface area contributed by atoms with Gasteiger partial charge in [0.2, 0.25) is 5.91 Å². The van der Waals surface area contributed by atoms with E-state index in [0.717, 1.165) is 42.9 Å². The number of piperidine rings is 1. The van der Waals surface area contributed by atoms with E-state index in [9.17, 15) is 9.59 Å². The van der Waals surface area contributed by atoms with Crippen LogP contribution >= 0.6 is 0 Å². The van der Waals surface area contributed by atoms with Crippen molar-refractivity contribution in [3.8, 4) is 5.75 Å². The molecule has 1 amide bonds. The fraction of sp³-hybridized carbons (Fsp3) is 0.250. The predicted molar refractivity (Wildman–Crippen MR) is 110 cm³/mol. The molecule has 3 heterocycles. The number of carbonyl (C=O) groups is 2. The highest BCUT2D eigenvalue weighted by Crippen LogP contribution is 2.23. The normalized spacial score (nSPS) is 15.7. The van der Waals surface area contributed by atoms with Crippen LogP contribution in [0.3, 0.4) is 0 Å². The van der Waals surface area contributed by atoms with Crippen LogP contribution in [0.15, 0.2) is 49.6 Å². The zero-order valence-corrected chi connectivity index (χ0v) is 16.2. The quantitative estimate of drug-likeness (QED) is 0.476. The minimum absolute atomic E-state index is 0.0671. The lowest BCUT2D eigenvalue weighted by atomic mass is 10.1. The average molecular weight is 410 g/mol. The van der Waals surface area contributed by atoms with E-state index < -0.39 is 5.97 Å². The van der Waals surface area contributed by atoms with Crippen LogP contribution in [0.25, 0.3) is 11.2 Å². The number of aromatic hydroxyl groups is 1. The van der Waals surface area contributed by atoms with Crippen LogP contribution in [0.2, 0.25) is 0 Å². The first-order valence-corrected chi connectivity index (χ1v) is 9.33. The Bertz CT molecular complexity index is 1050. The number of carbonyl (C=O) groups excluding carboxylic acids is 1. The number of aromatic carboxylic acids is 1. The number of nitrogens with zero attached hydrogens (tertiary/aromatic N) is 4. The molecule has 1 aromatic carbocycles. The van der Waals surface area contributed by atoms with Crippen molar-refractivity contribution in [1.82, 2.24) is 25.3 Å². The topological polar surface area (TPSA) is 144 Å². The summed E-state index contributed by atoms with van der Waals surface area (Å²) < 4.78 is 0. The summed E-state index contributed by atoms with van der Waals surface area (Å²) in [6.07, 6.45) is 6.41. The van der Waals surface area contributed by atoms with Gasteiger partial charge in [-0.1, -0.05) is 18.7 Å². The number of aromatic nitrogens is 4. The number of carboxylic acids is 1. The fourth-order valence-corrected chi connectivity index (χ4v) is 3.19. The number of nitrogens with one attached hydrogen (secondary N) is 2. The fourth-order valence-electron chi connectivity index (χ4n) is 3.19. The minimum Gasteiger partial charge on any atom is -0.507 e. The number of fused-ring (bicyclic) bond motifs is 1. The third-order valence-electron chi connectivity index (χ3n) is 4.59. The summed E-state index contributed by atoms with van der Waals surface area (Å²) >= 11 is 0. The lowest BCUT2D eigenvalue weighted by Crippen LogP contribution is -2.47. The summed E-state index contributed by atoms with van der Waals surface area (Å²) in [4.78, 5) is 39.5. The number of anilines is 1. The Morgan fingerprint density at radius 2 is 2.07 bits per heavy atom. The molecular formula is C20H22N6O4. The van der Waals surface area contributed by atoms with Crippen molar-refractivity contribution in [3.63, 3.8) is 0 Å². The number of rotatable bonds is 4. The zero-order chi connectivity index (χ0) is 21.5. The number of para-hydroxylation sites is 1. The second kappa shape index (κ2) is 9.50. The maximum absolute atomic E-state index is 11.4. The van der Waals surface area contributed by atoms with Crippen LogP contribution in [0.4, 0.5) is 5.82 Å². The van der Waals surface area contributed by atoms with Gasteiger partial charge in [-0.2, -0.15) is 0 Å². The number of aromatic amines is 1. The van der Waals surface area contributed by atoms with Gasteiger partial charge in [0.1, 0.15) is 23.2 Å². The van der Waals surface area contributed by atoms with Crippen LogP contribution in [0, 0.1) is 0 Å². The molecule has 0 spiro atoms. The van der Waals surface area contributed by atoms with Crippen molar-refractivity contribution in [2.45, 2.75) is 18.9 Å². The summed E-state index contributed by atoms with van der Waals surface area (Å²) in [6.45, 7) is 5.10. The third kappa shape index (κ3) is 4.90. The van der Waals surface area contributed by atoms with E-state index in [1.54, 1.807) is 18.5 Å². The largest absolute Gasteiger partial charge is 0.507 e. The first kappa shape index (κ1) is 20.8. The van der Waals surface area contributed by atoms with Crippen molar-refractivity contribution in [2.24, 2.45) is 0 Å². The van der Waals surface area contributed by atoms with E-state index in [0.29, 0.717) is 0 Å². The number of carboxylic acid groups (broad SMARTS) is 1. The molecule has 156 valence electrons. The molecule has 4 rings (SSSR count). The summed E-state index contributed by atoms with van der Waals surface area (Å²) in [6, 6.07) is 5.92. The van der Waals surface area contributed by atoms with Gasteiger partial charge >= 0.3 is 5.97 Å². The van der Waals surface area contributed by atoms with Crippen LogP contribution < -0.4 is 10.2 Å². The highest BCUT2D eigenvalue weighted by atomic mass is 16.4. The van der Waals surface area contributed by atoms with Gasteiger partial charge in [-0.3, -0.25) is 4.79 Å². The Morgan fingerprint density at radius 3 is 2.77 bits per heavy atom. The van der Waals surface area contributed by atoms with Crippen molar-refractivity contribution < 1.29 is 19.8 Å². The standard InChI is InChI=1S/C13H16N6O.C7H6O3/c1-2-10(20)18-9-4-3-5-19(6-9)13-11-12(15-7-14-11)16-8-17-13;8-6-4-2-1-3-5(6)7(9)10/h2,7-9H,1,3-6H2,(H,18,20)(H,14,15,16,17);1-4,8H,(H,9,10)/t9-;/m1./s1. The second-order valence-corrected chi connectivity index (χ2v) is 6.62. The highest BCUT2D eigenvalue weighted by molar-refractivity contribution is 5.90. The van der Waals surface area contributed by atoms with Crippen molar-refractivity contribution in [3.05, 3.63) is 55.1 Å². The third-order valence-corrected chi connectivity index (χ3v) is 4.59. The van der Waals surface area contributed by atoms with Gasteiger partial charge < -0.3 is 25.4 Å². The molecule has 10 nitrogen and oxygen atoms in total. The number of phenols is 1.